The molecule has 5 heteroatoms. The molecule has 3 N–H and O–H groups in total. The second kappa shape index (κ2) is 5.59. The Morgan fingerprint density at radius 1 is 1.61 bits per heavy atom. The topological polar surface area (TPSA) is 55.1 Å². The molecule has 0 spiro atoms. The van der Waals surface area contributed by atoms with Crippen molar-refractivity contribution in [3.63, 3.8) is 0 Å². The highest BCUT2D eigenvalue weighted by atomic mass is 35.5. The van der Waals surface area contributed by atoms with Crippen molar-refractivity contribution in [3.05, 3.63) is 21.3 Å². The van der Waals surface area contributed by atoms with E-state index < -0.39 is 0 Å². The molecule has 1 amide bonds. The molecule has 1 aliphatic rings. The molecule has 3 nitrogen and oxygen atoms in total. The molecule has 0 aromatic carbocycles. The highest BCUT2D eigenvalue weighted by Gasteiger charge is 2.37. The maximum Gasteiger partial charge on any atom is 0.225 e. The second-order valence-corrected chi connectivity index (χ2v) is 7.03. The van der Waals surface area contributed by atoms with Crippen molar-refractivity contribution in [1.82, 2.24) is 5.32 Å². The summed E-state index contributed by atoms with van der Waals surface area (Å²) in [5.41, 5.74) is 5.85. The van der Waals surface area contributed by atoms with Gasteiger partial charge < -0.3 is 11.1 Å². The van der Waals surface area contributed by atoms with Gasteiger partial charge in [0, 0.05) is 10.4 Å². The van der Waals surface area contributed by atoms with Crippen LogP contribution in [0.25, 0.3) is 0 Å². The standard InChI is InChI=1S/C13H19ClN2OS/c1-13(15)7-3-2-4-10(13)12(17)16-8-9-5-6-11(14)18-9/h5-6,10H,2-4,7-8,15H2,1H3,(H,16,17). The number of carbonyl (C=O) groups is 1. The number of nitrogens with two attached hydrogens (primary N) is 1. The number of amides is 1. The van der Waals surface area contributed by atoms with Gasteiger partial charge in [0.25, 0.3) is 0 Å². The van der Waals surface area contributed by atoms with E-state index in [0.717, 1.165) is 34.9 Å². The Bertz CT molecular complexity index is 430. The minimum atomic E-state index is -0.366. The highest BCUT2D eigenvalue weighted by Crippen LogP contribution is 2.31. The van der Waals surface area contributed by atoms with Gasteiger partial charge in [-0.25, -0.2) is 0 Å². The average molecular weight is 287 g/mol. The summed E-state index contributed by atoms with van der Waals surface area (Å²) in [6.45, 7) is 2.53. The first kappa shape index (κ1) is 13.8. The van der Waals surface area contributed by atoms with Gasteiger partial charge in [0.15, 0.2) is 0 Å². The number of carbonyl (C=O) groups excluding carboxylic acids is 1. The van der Waals surface area contributed by atoms with E-state index in [-0.39, 0.29) is 17.4 Å². The molecule has 0 aliphatic heterocycles. The Morgan fingerprint density at radius 2 is 2.39 bits per heavy atom. The number of rotatable bonds is 3. The van der Waals surface area contributed by atoms with E-state index in [9.17, 15) is 4.79 Å². The summed E-state index contributed by atoms with van der Waals surface area (Å²) in [7, 11) is 0. The van der Waals surface area contributed by atoms with Gasteiger partial charge in [-0.2, -0.15) is 0 Å². The van der Waals surface area contributed by atoms with Crippen LogP contribution in [0.2, 0.25) is 4.34 Å². The average Bonchev–Trinajstić information content (AvgIpc) is 2.71. The molecule has 100 valence electrons. The lowest BCUT2D eigenvalue weighted by atomic mass is 9.74. The van der Waals surface area contributed by atoms with E-state index in [0.29, 0.717) is 6.54 Å². The predicted octanol–water partition coefficient (Wildman–Crippen LogP) is 2.93. The largest absolute Gasteiger partial charge is 0.351 e. The van der Waals surface area contributed by atoms with E-state index in [4.69, 9.17) is 17.3 Å². The molecule has 0 saturated heterocycles. The molecule has 2 atom stereocenters. The number of hydrogen-bond donors (Lipinski definition) is 2. The molecule has 1 fully saturated rings. The van der Waals surface area contributed by atoms with E-state index in [2.05, 4.69) is 5.32 Å². The smallest absolute Gasteiger partial charge is 0.225 e. The first-order valence-corrected chi connectivity index (χ1v) is 7.49. The highest BCUT2D eigenvalue weighted by molar-refractivity contribution is 7.16. The lowest BCUT2D eigenvalue weighted by Crippen LogP contribution is -2.52. The number of thiophene rings is 1. The lowest BCUT2D eigenvalue weighted by molar-refractivity contribution is -0.128. The fourth-order valence-electron chi connectivity index (χ4n) is 2.53. The lowest BCUT2D eigenvalue weighted by Gasteiger charge is -2.37. The molecule has 2 unspecified atom stereocenters. The van der Waals surface area contributed by atoms with E-state index in [1.165, 1.54) is 11.3 Å². The molecule has 0 radical (unpaired) electrons. The molecule has 1 aromatic heterocycles. The predicted molar refractivity (Wildman–Crippen MR) is 75.7 cm³/mol. The van der Waals surface area contributed by atoms with Gasteiger partial charge in [-0.05, 0) is 31.9 Å². The van der Waals surface area contributed by atoms with Crippen LogP contribution in [0.1, 0.15) is 37.5 Å². The fraction of sp³-hybridized carbons (Fsp3) is 0.615. The third kappa shape index (κ3) is 3.25. The number of nitrogens with one attached hydrogen (secondary N) is 1. The molecule has 1 aliphatic carbocycles. The Labute approximate surface area is 117 Å². The van der Waals surface area contributed by atoms with Crippen LogP contribution in [0.3, 0.4) is 0 Å². The Morgan fingerprint density at radius 3 is 3.00 bits per heavy atom. The maximum atomic E-state index is 12.2. The fourth-order valence-corrected chi connectivity index (χ4v) is 3.56. The molecule has 0 bridgehead atoms. The summed E-state index contributed by atoms with van der Waals surface area (Å²) >= 11 is 7.35. The maximum absolute atomic E-state index is 12.2. The Balaban J connectivity index is 1.91. The molecule has 2 rings (SSSR count). The minimum absolute atomic E-state index is 0.0679. The van der Waals surface area contributed by atoms with Gasteiger partial charge in [-0.15, -0.1) is 11.3 Å². The summed E-state index contributed by atoms with van der Waals surface area (Å²) in [6, 6.07) is 3.79. The summed E-state index contributed by atoms with van der Waals surface area (Å²) in [6.07, 6.45) is 4.03. The van der Waals surface area contributed by atoms with Crippen molar-refractivity contribution in [3.8, 4) is 0 Å². The van der Waals surface area contributed by atoms with Crippen LogP contribution in [0, 0.1) is 5.92 Å². The van der Waals surface area contributed by atoms with Crippen molar-refractivity contribution < 1.29 is 4.79 Å². The third-order valence-corrected chi connectivity index (χ3v) is 4.87. The van der Waals surface area contributed by atoms with Crippen molar-refractivity contribution in [1.29, 1.82) is 0 Å². The van der Waals surface area contributed by atoms with Gasteiger partial charge in [-0.1, -0.05) is 24.4 Å². The van der Waals surface area contributed by atoms with Crippen LogP contribution >= 0.6 is 22.9 Å². The van der Waals surface area contributed by atoms with E-state index in [1.807, 2.05) is 19.1 Å². The second-order valence-electron chi connectivity index (χ2n) is 5.23. The quantitative estimate of drug-likeness (QED) is 0.898. The molecular weight excluding hydrogens is 268 g/mol. The zero-order valence-electron chi connectivity index (χ0n) is 10.5. The summed E-state index contributed by atoms with van der Waals surface area (Å²) in [5.74, 6) is 0.00547. The van der Waals surface area contributed by atoms with Crippen molar-refractivity contribution in [2.24, 2.45) is 11.7 Å². The minimum Gasteiger partial charge on any atom is -0.351 e. The van der Waals surface area contributed by atoms with Gasteiger partial charge in [0.2, 0.25) is 5.91 Å². The van der Waals surface area contributed by atoms with Crippen LogP contribution in [0.4, 0.5) is 0 Å². The van der Waals surface area contributed by atoms with Crippen molar-refractivity contribution in [2.45, 2.75) is 44.7 Å². The zero-order valence-corrected chi connectivity index (χ0v) is 12.1. The van der Waals surface area contributed by atoms with Crippen LogP contribution in [-0.4, -0.2) is 11.4 Å². The zero-order chi connectivity index (χ0) is 13.2. The first-order chi connectivity index (χ1) is 8.49. The van der Waals surface area contributed by atoms with Crippen molar-refractivity contribution in [2.75, 3.05) is 0 Å². The first-order valence-electron chi connectivity index (χ1n) is 6.30. The van der Waals surface area contributed by atoms with Gasteiger partial charge in [0.05, 0.1) is 16.8 Å². The molecule has 1 aromatic rings. The molecule has 18 heavy (non-hydrogen) atoms. The van der Waals surface area contributed by atoms with Crippen LogP contribution in [-0.2, 0) is 11.3 Å². The Kier molecular flexibility index (Phi) is 4.30. The van der Waals surface area contributed by atoms with Gasteiger partial charge in [-0.3, -0.25) is 4.79 Å². The van der Waals surface area contributed by atoms with Gasteiger partial charge >= 0.3 is 0 Å². The SMILES string of the molecule is CC1(N)CCCCC1C(=O)NCc1ccc(Cl)s1. The molecule has 1 saturated carbocycles. The van der Waals surface area contributed by atoms with Crippen LogP contribution in [0.15, 0.2) is 12.1 Å². The summed E-state index contributed by atoms with van der Waals surface area (Å²) in [4.78, 5) is 13.2. The van der Waals surface area contributed by atoms with Crippen molar-refractivity contribution >= 4 is 28.8 Å². The summed E-state index contributed by atoms with van der Waals surface area (Å²) in [5, 5.41) is 2.97. The third-order valence-electron chi connectivity index (χ3n) is 3.64. The molecular formula is C13H19ClN2OS. The van der Waals surface area contributed by atoms with E-state index in [1.54, 1.807) is 0 Å². The number of halogens is 1. The number of hydrogen-bond acceptors (Lipinski definition) is 3. The van der Waals surface area contributed by atoms with E-state index >= 15 is 0 Å². The monoisotopic (exact) mass is 286 g/mol. The van der Waals surface area contributed by atoms with Crippen LogP contribution < -0.4 is 11.1 Å². The normalized spacial score (nSPS) is 28.1. The Hall–Kier alpha value is -0.580. The van der Waals surface area contributed by atoms with Crippen LogP contribution in [0.5, 0.6) is 0 Å². The summed E-state index contributed by atoms with van der Waals surface area (Å²) < 4.78 is 0.751. The van der Waals surface area contributed by atoms with Gasteiger partial charge in [0.1, 0.15) is 0 Å². The molecule has 1 heterocycles.